The molecule has 0 spiro atoms. The van der Waals surface area contributed by atoms with Gasteiger partial charge in [0.15, 0.2) is 0 Å². The highest BCUT2D eigenvalue weighted by atomic mass is 35.5. The summed E-state index contributed by atoms with van der Waals surface area (Å²) in [7, 11) is 0. The maximum Gasteiger partial charge on any atom is 0.224 e. The number of benzene rings is 2. The van der Waals surface area contributed by atoms with E-state index in [9.17, 15) is 9.59 Å². The highest BCUT2D eigenvalue weighted by Crippen LogP contribution is 2.15. The summed E-state index contributed by atoms with van der Waals surface area (Å²) in [5.74, 6) is 0.201. The first-order valence-corrected chi connectivity index (χ1v) is 8.57. The Morgan fingerprint density at radius 3 is 2.50 bits per heavy atom. The van der Waals surface area contributed by atoms with Crippen molar-refractivity contribution in [2.75, 3.05) is 12.3 Å². The van der Waals surface area contributed by atoms with Crippen molar-refractivity contribution in [1.29, 1.82) is 0 Å². The van der Waals surface area contributed by atoms with Crippen molar-refractivity contribution < 1.29 is 9.59 Å². The van der Waals surface area contributed by atoms with Crippen molar-refractivity contribution in [2.45, 2.75) is 32.4 Å². The first-order chi connectivity index (χ1) is 12.1. The maximum absolute atomic E-state index is 12.1. The largest absolute Gasteiger partial charge is 0.399 e. The molecule has 26 heavy (non-hydrogen) atoms. The smallest absolute Gasteiger partial charge is 0.224 e. The lowest BCUT2D eigenvalue weighted by atomic mass is 10.1. The second kappa shape index (κ2) is 9.25. The van der Waals surface area contributed by atoms with Crippen LogP contribution in [-0.4, -0.2) is 23.3 Å². The number of anilines is 1. The summed E-state index contributed by atoms with van der Waals surface area (Å²) in [6.07, 6.45) is 1.93. The molecule has 0 aliphatic carbocycles. The molecule has 0 aromatic heterocycles. The lowest BCUT2D eigenvalue weighted by molar-refractivity contribution is -0.128. The molecule has 0 radical (unpaired) electrons. The molecule has 3 rings (SSSR count). The molecular weight excluding hydrogens is 350 g/mol. The molecule has 0 atom stereocenters. The van der Waals surface area contributed by atoms with E-state index in [0.29, 0.717) is 31.6 Å². The number of nitrogens with one attached hydrogen (secondary N) is 1. The van der Waals surface area contributed by atoms with Crippen LogP contribution in [0.25, 0.3) is 0 Å². The fourth-order valence-electron chi connectivity index (χ4n) is 3.01. The van der Waals surface area contributed by atoms with Gasteiger partial charge in [-0.15, -0.1) is 12.4 Å². The predicted molar refractivity (Wildman–Crippen MR) is 105 cm³/mol. The standard InChI is InChI=1S/C20H23N3O2.ClH/c21-18-8-6-15(7-9-18)12-19(24)22-13-16-3-1-4-17(11-16)14-23-10-2-5-20(23)25;/h1,3-4,6-9,11H,2,5,10,12-14,21H2,(H,22,24);1H. The summed E-state index contributed by atoms with van der Waals surface area (Å²) in [5, 5.41) is 2.94. The molecule has 1 fully saturated rings. The molecular formula is C20H24ClN3O2. The third kappa shape index (κ3) is 5.49. The third-order valence-electron chi connectivity index (χ3n) is 4.37. The topological polar surface area (TPSA) is 75.4 Å². The van der Waals surface area contributed by atoms with Gasteiger partial charge in [0.2, 0.25) is 11.8 Å². The fourth-order valence-corrected chi connectivity index (χ4v) is 3.01. The summed E-state index contributed by atoms with van der Waals surface area (Å²) < 4.78 is 0. The van der Waals surface area contributed by atoms with Gasteiger partial charge in [0.1, 0.15) is 0 Å². The Morgan fingerprint density at radius 1 is 1.08 bits per heavy atom. The molecule has 5 nitrogen and oxygen atoms in total. The van der Waals surface area contributed by atoms with Crippen molar-refractivity contribution in [1.82, 2.24) is 10.2 Å². The van der Waals surface area contributed by atoms with E-state index in [0.717, 1.165) is 29.7 Å². The van der Waals surface area contributed by atoms with Gasteiger partial charge in [-0.25, -0.2) is 0 Å². The molecule has 6 heteroatoms. The lowest BCUT2D eigenvalue weighted by Crippen LogP contribution is -2.25. The van der Waals surface area contributed by atoms with Gasteiger partial charge < -0.3 is 16.0 Å². The molecule has 0 bridgehead atoms. The number of halogens is 1. The number of carbonyl (C=O) groups is 2. The molecule has 0 unspecified atom stereocenters. The van der Waals surface area contributed by atoms with Crippen LogP contribution in [0.2, 0.25) is 0 Å². The fraction of sp³-hybridized carbons (Fsp3) is 0.300. The number of nitrogens with two attached hydrogens (primary N) is 1. The predicted octanol–water partition coefficient (Wildman–Crippen LogP) is 2.67. The Labute approximate surface area is 160 Å². The number of nitrogen functional groups attached to an aromatic ring is 1. The number of carbonyl (C=O) groups excluding carboxylic acids is 2. The summed E-state index contributed by atoms with van der Waals surface area (Å²) in [6.45, 7) is 1.96. The zero-order valence-corrected chi connectivity index (χ0v) is 15.4. The molecule has 3 N–H and O–H groups in total. The molecule has 1 aliphatic heterocycles. The van der Waals surface area contributed by atoms with Gasteiger partial charge >= 0.3 is 0 Å². The van der Waals surface area contributed by atoms with Gasteiger partial charge in [-0.3, -0.25) is 9.59 Å². The molecule has 1 aliphatic rings. The van der Waals surface area contributed by atoms with Gasteiger partial charge in [-0.2, -0.15) is 0 Å². The van der Waals surface area contributed by atoms with Crippen LogP contribution in [0.5, 0.6) is 0 Å². The van der Waals surface area contributed by atoms with E-state index in [1.165, 1.54) is 0 Å². The van der Waals surface area contributed by atoms with E-state index in [1.54, 1.807) is 12.1 Å². The van der Waals surface area contributed by atoms with Crippen LogP contribution in [0.1, 0.15) is 29.5 Å². The molecule has 1 heterocycles. The van der Waals surface area contributed by atoms with Gasteiger partial charge in [-0.1, -0.05) is 36.4 Å². The molecule has 1 saturated heterocycles. The van der Waals surface area contributed by atoms with Gasteiger partial charge in [-0.05, 0) is 35.2 Å². The quantitative estimate of drug-likeness (QED) is 0.764. The van der Waals surface area contributed by atoms with Crippen LogP contribution >= 0.6 is 12.4 Å². The highest BCUT2D eigenvalue weighted by Gasteiger charge is 2.19. The van der Waals surface area contributed by atoms with Crippen LogP contribution in [-0.2, 0) is 29.1 Å². The minimum atomic E-state index is -0.0232. The van der Waals surface area contributed by atoms with Crippen molar-refractivity contribution in [3.63, 3.8) is 0 Å². The van der Waals surface area contributed by atoms with Gasteiger partial charge in [0, 0.05) is 31.7 Å². The average Bonchev–Trinajstić information content (AvgIpc) is 3.00. The molecule has 0 saturated carbocycles. The monoisotopic (exact) mass is 373 g/mol. The second-order valence-corrected chi connectivity index (χ2v) is 6.43. The summed E-state index contributed by atoms with van der Waals surface area (Å²) in [5.41, 5.74) is 9.41. The Hall–Kier alpha value is -2.53. The van der Waals surface area contributed by atoms with E-state index in [4.69, 9.17) is 5.73 Å². The number of hydrogen-bond donors (Lipinski definition) is 2. The average molecular weight is 374 g/mol. The number of amides is 2. The van der Waals surface area contributed by atoms with E-state index in [2.05, 4.69) is 11.4 Å². The minimum Gasteiger partial charge on any atom is -0.399 e. The van der Waals surface area contributed by atoms with Gasteiger partial charge in [0.25, 0.3) is 0 Å². The maximum atomic E-state index is 12.1. The SMILES string of the molecule is Cl.Nc1ccc(CC(=O)NCc2cccc(CN3CCCC3=O)c2)cc1. The number of likely N-dealkylation sites (tertiary alicyclic amines) is 1. The summed E-state index contributed by atoms with van der Waals surface area (Å²) in [4.78, 5) is 25.7. The minimum absolute atomic E-state index is 0. The van der Waals surface area contributed by atoms with Crippen molar-refractivity contribution >= 4 is 29.9 Å². The van der Waals surface area contributed by atoms with E-state index in [-0.39, 0.29) is 24.2 Å². The Bertz CT molecular complexity index is 762. The van der Waals surface area contributed by atoms with Gasteiger partial charge in [0.05, 0.1) is 6.42 Å². The normalized spacial score (nSPS) is 13.4. The van der Waals surface area contributed by atoms with Crippen molar-refractivity contribution in [2.24, 2.45) is 0 Å². The molecule has 138 valence electrons. The van der Waals surface area contributed by atoms with Crippen LogP contribution < -0.4 is 11.1 Å². The van der Waals surface area contributed by atoms with Crippen LogP contribution in [0.4, 0.5) is 5.69 Å². The first kappa shape index (κ1) is 19.8. The van der Waals surface area contributed by atoms with E-state index >= 15 is 0 Å². The van der Waals surface area contributed by atoms with Crippen LogP contribution in [0, 0.1) is 0 Å². The zero-order valence-electron chi connectivity index (χ0n) is 14.6. The van der Waals surface area contributed by atoms with Crippen molar-refractivity contribution in [3.8, 4) is 0 Å². The Balaban J connectivity index is 0.00000243. The van der Waals surface area contributed by atoms with Crippen LogP contribution in [0.15, 0.2) is 48.5 Å². The number of nitrogens with zero attached hydrogens (tertiary/aromatic N) is 1. The summed E-state index contributed by atoms with van der Waals surface area (Å²) in [6, 6.07) is 15.3. The molecule has 2 aromatic carbocycles. The second-order valence-electron chi connectivity index (χ2n) is 6.43. The van der Waals surface area contributed by atoms with Crippen molar-refractivity contribution in [3.05, 3.63) is 65.2 Å². The van der Waals surface area contributed by atoms with E-state index < -0.39 is 0 Å². The first-order valence-electron chi connectivity index (χ1n) is 8.57. The third-order valence-corrected chi connectivity index (χ3v) is 4.37. The Morgan fingerprint density at radius 2 is 1.81 bits per heavy atom. The number of hydrogen-bond acceptors (Lipinski definition) is 3. The highest BCUT2D eigenvalue weighted by molar-refractivity contribution is 5.85. The van der Waals surface area contributed by atoms with E-state index in [1.807, 2.05) is 35.2 Å². The molecule has 2 amide bonds. The lowest BCUT2D eigenvalue weighted by Gasteiger charge is -2.16. The zero-order chi connectivity index (χ0) is 17.6. The molecule has 2 aromatic rings. The number of rotatable bonds is 6. The Kier molecular flexibility index (Phi) is 7.04. The summed E-state index contributed by atoms with van der Waals surface area (Å²) >= 11 is 0. The van der Waals surface area contributed by atoms with Crippen LogP contribution in [0.3, 0.4) is 0 Å².